The molecule has 4 rings (SSSR count). The van der Waals surface area contributed by atoms with Gasteiger partial charge in [0.25, 0.3) is 0 Å². The van der Waals surface area contributed by atoms with Crippen LogP contribution in [0.15, 0.2) is 54.1 Å². The van der Waals surface area contributed by atoms with E-state index in [1.165, 1.54) is 32.7 Å². The van der Waals surface area contributed by atoms with E-state index in [1.807, 2.05) is 12.1 Å². The molecule has 2 heteroatoms. The van der Waals surface area contributed by atoms with Crippen molar-refractivity contribution in [1.29, 1.82) is 0 Å². The van der Waals surface area contributed by atoms with E-state index in [0.29, 0.717) is 0 Å². The highest BCUT2D eigenvalue weighted by Gasteiger charge is 2.20. The molecular weight excluding hydrogens is 297 g/mol. The van der Waals surface area contributed by atoms with Crippen LogP contribution in [-0.4, -0.2) is 25.0 Å². The minimum Gasteiger partial charge on any atom is -0.302 e. The number of fused-ring (bicyclic) bond motifs is 1. The van der Waals surface area contributed by atoms with E-state index < -0.39 is 0 Å². The molecule has 122 valence electrons. The summed E-state index contributed by atoms with van der Waals surface area (Å²) in [4.78, 5) is 2.35. The van der Waals surface area contributed by atoms with Crippen molar-refractivity contribution in [3.05, 3.63) is 81.5 Å². The largest absolute Gasteiger partial charge is 0.302 e. The summed E-state index contributed by atoms with van der Waals surface area (Å²) in [6.45, 7) is 4.28. The van der Waals surface area contributed by atoms with Gasteiger partial charge in [0.05, 0.1) is 0 Å². The third-order valence-electron chi connectivity index (χ3n) is 5.17. The summed E-state index contributed by atoms with van der Waals surface area (Å²) in [5.74, 6) is -0.177. The lowest BCUT2D eigenvalue weighted by atomic mass is 9.94. The van der Waals surface area contributed by atoms with Crippen LogP contribution in [0.25, 0.3) is 11.1 Å². The number of halogens is 1. The minimum absolute atomic E-state index is 0.177. The number of hydrogen-bond acceptors (Lipinski definition) is 1. The van der Waals surface area contributed by atoms with Crippen LogP contribution in [0.1, 0.15) is 24.0 Å². The molecule has 0 saturated carbocycles. The third-order valence-corrected chi connectivity index (χ3v) is 5.17. The van der Waals surface area contributed by atoms with Crippen molar-refractivity contribution in [2.75, 3.05) is 20.1 Å². The first kappa shape index (κ1) is 15.3. The second-order valence-electron chi connectivity index (χ2n) is 6.93. The Morgan fingerprint density at radius 3 is 2.46 bits per heavy atom. The fourth-order valence-corrected chi connectivity index (χ4v) is 3.78. The van der Waals surface area contributed by atoms with Gasteiger partial charge in [-0.05, 0) is 71.7 Å². The normalized spacial score (nSPS) is 17.9. The lowest BCUT2D eigenvalue weighted by molar-refractivity contribution is 0.362. The Morgan fingerprint density at radius 1 is 0.958 bits per heavy atom. The van der Waals surface area contributed by atoms with Crippen molar-refractivity contribution in [3.8, 4) is 0 Å². The summed E-state index contributed by atoms with van der Waals surface area (Å²) in [5.41, 5.74) is 6.68. The molecule has 2 aliphatic rings. The van der Waals surface area contributed by atoms with Crippen LogP contribution in [0.5, 0.6) is 0 Å². The van der Waals surface area contributed by atoms with Gasteiger partial charge in [-0.25, -0.2) is 4.39 Å². The molecule has 2 aromatic rings. The molecule has 24 heavy (non-hydrogen) atoms. The fourth-order valence-electron chi connectivity index (χ4n) is 3.78. The standard InChI is InChI=1S/C22H22FN/c1-15-3-8-19-20(16-4-6-18(23)7-5-16)14-21(22(19)13-15)17-9-11-24(2)12-10-17/h3-9,13H,10-12,14H2,1-2H3. The van der Waals surface area contributed by atoms with Crippen LogP contribution < -0.4 is 10.4 Å². The topological polar surface area (TPSA) is 3.24 Å². The first-order chi connectivity index (χ1) is 11.6. The zero-order valence-electron chi connectivity index (χ0n) is 14.3. The van der Waals surface area contributed by atoms with Crippen LogP contribution in [-0.2, 0) is 0 Å². The van der Waals surface area contributed by atoms with Crippen LogP contribution in [0.3, 0.4) is 0 Å². The van der Waals surface area contributed by atoms with E-state index in [-0.39, 0.29) is 5.82 Å². The van der Waals surface area contributed by atoms with E-state index in [9.17, 15) is 4.39 Å². The maximum Gasteiger partial charge on any atom is 0.123 e. The average Bonchev–Trinajstić information content (AvgIpc) is 2.95. The molecule has 1 heterocycles. The van der Waals surface area contributed by atoms with Gasteiger partial charge in [0.15, 0.2) is 0 Å². The Bertz CT molecular complexity index is 935. The molecule has 0 atom stereocenters. The van der Waals surface area contributed by atoms with Gasteiger partial charge in [-0.15, -0.1) is 0 Å². The third kappa shape index (κ3) is 2.71. The molecule has 0 bridgehead atoms. The molecule has 0 saturated heterocycles. The number of rotatable bonds is 2. The Labute approximate surface area is 142 Å². The molecule has 2 aromatic carbocycles. The van der Waals surface area contributed by atoms with Crippen molar-refractivity contribution < 1.29 is 4.39 Å². The van der Waals surface area contributed by atoms with Crippen LogP contribution in [0.4, 0.5) is 4.39 Å². The van der Waals surface area contributed by atoms with Crippen molar-refractivity contribution in [1.82, 2.24) is 4.90 Å². The number of likely N-dealkylation sites (N-methyl/N-ethyl adjacent to an activating group) is 1. The first-order valence-electron chi connectivity index (χ1n) is 8.59. The fraction of sp³-hybridized carbons (Fsp3) is 0.273. The average molecular weight is 319 g/mol. The highest BCUT2D eigenvalue weighted by atomic mass is 19.1. The highest BCUT2D eigenvalue weighted by molar-refractivity contribution is 5.83. The maximum absolute atomic E-state index is 13.3. The van der Waals surface area contributed by atoms with Gasteiger partial charge in [0.1, 0.15) is 5.82 Å². The minimum atomic E-state index is -0.177. The predicted octanol–water partition coefficient (Wildman–Crippen LogP) is 3.15. The molecule has 1 aliphatic carbocycles. The molecule has 0 radical (unpaired) electrons. The molecule has 1 aliphatic heterocycles. The maximum atomic E-state index is 13.3. The van der Waals surface area contributed by atoms with Gasteiger partial charge in [-0.3, -0.25) is 0 Å². The molecule has 0 amide bonds. The first-order valence-corrected chi connectivity index (χ1v) is 8.59. The quantitative estimate of drug-likeness (QED) is 0.822. The zero-order chi connectivity index (χ0) is 16.7. The Hall–Kier alpha value is -2.19. The van der Waals surface area contributed by atoms with Crippen molar-refractivity contribution in [2.45, 2.75) is 19.8 Å². The van der Waals surface area contributed by atoms with Crippen molar-refractivity contribution >= 4 is 11.1 Å². The van der Waals surface area contributed by atoms with Crippen LogP contribution >= 0.6 is 0 Å². The lowest BCUT2D eigenvalue weighted by Crippen LogP contribution is -2.27. The van der Waals surface area contributed by atoms with Gasteiger partial charge < -0.3 is 4.90 Å². The van der Waals surface area contributed by atoms with E-state index >= 15 is 0 Å². The van der Waals surface area contributed by atoms with E-state index in [2.05, 4.69) is 43.1 Å². The Morgan fingerprint density at radius 2 is 1.75 bits per heavy atom. The Balaban J connectivity index is 1.90. The van der Waals surface area contributed by atoms with E-state index in [4.69, 9.17) is 0 Å². The van der Waals surface area contributed by atoms with Gasteiger partial charge in [0, 0.05) is 13.1 Å². The summed E-state index contributed by atoms with van der Waals surface area (Å²) < 4.78 is 13.3. The van der Waals surface area contributed by atoms with Crippen molar-refractivity contribution in [3.63, 3.8) is 0 Å². The lowest BCUT2D eigenvalue weighted by Gasteiger charge is -2.23. The SMILES string of the molecule is Cc1ccc2c(c1)=C(C1=CCN(C)CC1)CC=2c1ccc(F)cc1. The monoisotopic (exact) mass is 319 g/mol. The summed E-state index contributed by atoms with van der Waals surface area (Å²) in [5, 5.41) is 2.67. The second-order valence-corrected chi connectivity index (χ2v) is 6.93. The van der Waals surface area contributed by atoms with E-state index in [0.717, 1.165) is 31.5 Å². The summed E-state index contributed by atoms with van der Waals surface area (Å²) in [7, 11) is 2.17. The predicted molar refractivity (Wildman–Crippen MR) is 97.6 cm³/mol. The molecule has 0 fully saturated rings. The van der Waals surface area contributed by atoms with Crippen molar-refractivity contribution in [2.24, 2.45) is 0 Å². The second kappa shape index (κ2) is 6.03. The smallest absolute Gasteiger partial charge is 0.123 e. The van der Waals surface area contributed by atoms with Gasteiger partial charge >= 0.3 is 0 Å². The summed E-state index contributed by atoms with van der Waals surface area (Å²) >= 11 is 0. The molecular formula is C22H22FN. The molecule has 1 nitrogen and oxygen atoms in total. The number of benzene rings is 2. The number of nitrogens with zero attached hydrogens (tertiary/aromatic N) is 1. The van der Waals surface area contributed by atoms with Crippen LogP contribution in [0.2, 0.25) is 0 Å². The molecule has 0 spiro atoms. The van der Waals surface area contributed by atoms with Gasteiger partial charge in [0.2, 0.25) is 0 Å². The molecule has 0 N–H and O–H groups in total. The van der Waals surface area contributed by atoms with Gasteiger partial charge in [-0.2, -0.15) is 0 Å². The van der Waals surface area contributed by atoms with Crippen LogP contribution in [0, 0.1) is 12.7 Å². The molecule has 0 unspecified atom stereocenters. The van der Waals surface area contributed by atoms with E-state index in [1.54, 1.807) is 12.1 Å². The number of hydrogen-bond donors (Lipinski definition) is 0. The Kier molecular flexibility index (Phi) is 3.85. The zero-order valence-corrected chi connectivity index (χ0v) is 14.3. The number of aryl methyl sites for hydroxylation is 1. The highest BCUT2D eigenvalue weighted by Crippen LogP contribution is 2.30. The summed E-state index contributed by atoms with van der Waals surface area (Å²) in [6.07, 6.45) is 4.43. The summed E-state index contributed by atoms with van der Waals surface area (Å²) in [6, 6.07) is 13.6. The van der Waals surface area contributed by atoms with Gasteiger partial charge in [-0.1, -0.05) is 42.0 Å². The molecule has 0 aromatic heterocycles.